The normalized spacial score (nSPS) is 11.5. The molecule has 6 nitrogen and oxygen atoms in total. The topological polar surface area (TPSA) is 80.2 Å². The molecule has 7 heteroatoms. The number of rotatable bonds is 8. The maximum Gasteiger partial charge on any atom is 0.272 e. The number of nitrogens with zero attached hydrogens (tertiary/aromatic N) is 3. The van der Waals surface area contributed by atoms with Crippen molar-refractivity contribution in [3.8, 4) is 0 Å². The second kappa shape index (κ2) is 8.22. The van der Waals surface area contributed by atoms with Gasteiger partial charge in [-0.25, -0.2) is 18.4 Å². The van der Waals surface area contributed by atoms with E-state index in [-0.39, 0.29) is 16.8 Å². The van der Waals surface area contributed by atoms with E-state index < -0.39 is 9.84 Å². The van der Waals surface area contributed by atoms with Gasteiger partial charge in [0.25, 0.3) is 5.91 Å². The summed E-state index contributed by atoms with van der Waals surface area (Å²) >= 11 is 0. The first-order valence-electron chi connectivity index (χ1n) is 7.64. The van der Waals surface area contributed by atoms with Gasteiger partial charge < -0.3 is 4.90 Å². The molecule has 0 aromatic carbocycles. The summed E-state index contributed by atoms with van der Waals surface area (Å²) in [5.74, 6) is -0.216. The molecule has 1 aromatic rings. The Hall–Kier alpha value is -1.50. The Morgan fingerprint density at radius 1 is 1.18 bits per heavy atom. The summed E-state index contributed by atoms with van der Waals surface area (Å²) in [7, 11) is -3.53. The van der Waals surface area contributed by atoms with Crippen molar-refractivity contribution in [2.24, 2.45) is 0 Å². The van der Waals surface area contributed by atoms with E-state index in [1.54, 1.807) is 11.8 Å². The van der Waals surface area contributed by atoms with E-state index in [0.717, 1.165) is 31.9 Å². The van der Waals surface area contributed by atoms with Crippen molar-refractivity contribution in [3.63, 3.8) is 0 Å². The van der Waals surface area contributed by atoms with Crippen LogP contribution >= 0.6 is 0 Å². The van der Waals surface area contributed by atoms with Crippen LogP contribution in [0.25, 0.3) is 0 Å². The van der Waals surface area contributed by atoms with Gasteiger partial charge >= 0.3 is 0 Å². The number of unbranched alkanes of at least 4 members (excludes halogenated alkanes) is 2. The third-order valence-corrected chi connectivity index (χ3v) is 4.19. The number of carbonyl (C=O) groups is 1. The molecule has 1 heterocycles. The highest BCUT2D eigenvalue weighted by Gasteiger charge is 2.21. The minimum atomic E-state index is -3.53. The van der Waals surface area contributed by atoms with Crippen LogP contribution < -0.4 is 0 Å². The predicted octanol–water partition coefficient (Wildman–Crippen LogP) is 2.23. The zero-order chi connectivity index (χ0) is 16.8. The van der Waals surface area contributed by atoms with Crippen LogP contribution in [-0.4, -0.2) is 48.5 Å². The molecule has 0 bridgehead atoms. The van der Waals surface area contributed by atoms with Crippen LogP contribution in [0.15, 0.2) is 11.4 Å². The molecule has 0 aliphatic carbocycles. The van der Waals surface area contributed by atoms with E-state index in [1.807, 2.05) is 0 Å². The van der Waals surface area contributed by atoms with Crippen molar-refractivity contribution in [1.29, 1.82) is 0 Å². The van der Waals surface area contributed by atoms with E-state index in [4.69, 9.17) is 0 Å². The van der Waals surface area contributed by atoms with Crippen molar-refractivity contribution in [3.05, 3.63) is 17.5 Å². The average Bonchev–Trinajstić information content (AvgIpc) is 2.46. The number of aryl methyl sites for hydroxylation is 1. The Labute approximate surface area is 132 Å². The lowest BCUT2D eigenvalue weighted by Gasteiger charge is -2.22. The van der Waals surface area contributed by atoms with Gasteiger partial charge in [0, 0.05) is 25.5 Å². The average molecular weight is 327 g/mol. The van der Waals surface area contributed by atoms with Gasteiger partial charge in [-0.2, -0.15) is 0 Å². The Morgan fingerprint density at radius 2 is 1.73 bits per heavy atom. The molecule has 0 spiro atoms. The molecule has 0 N–H and O–H groups in total. The van der Waals surface area contributed by atoms with Gasteiger partial charge in [-0.3, -0.25) is 4.79 Å². The molecule has 0 atom stereocenters. The SMILES string of the molecule is CCCCN(CCCC)C(=O)c1nc(S(C)(=O)=O)ncc1C. The third-order valence-electron chi connectivity index (χ3n) is 3.33. The zero-order valence-electron chi connectivity index (χ0n) is 13.8. The molecular formula is C15H25N3O3S. The summed E-state index contributed by atoms with van der Waals surface area (Å²) in [4.78, 5) is 22.3. The van der Waals surface area contributed by atoms with Crippen molar-refractivity contribution < 1.29 is 13.2 Å². The van der Waals surface area contributed by atoms with Crippen molar-refractivity contribution in [1.82, 2.24) is 14.9 Å². The highest BCUT2D eigenvalue weighted by Crippen LogP contribution is 2.12. The Bertz CT molecular complexity index is 606. The predicted molar refractivity (Wildman–Crippen MR) is 85.6 cm³/mol. The molecule has 0 fully saturated rings. The molecular weight excluding hydrogens is 302 g/mol. The first-order chi connectivity index (χ1) is 10.3. The monoisotopic (exact) mass is 327 g/mol. The molecule has 0 radical (unpaired) electrons. The Kier molecular flexibility index (Phi) is 6.93. The summed E-state index contributed by atoms with van der Waals surface area (Å²) in [6, 6.07) is 0. The fourth-order valence-electron chi connectivity index (χ4n) is 1.98. The second-order valence-electron chi connectivity index (χ2n) is 5.46. The van der Waals surface area contributed by atoms with E-state index >= 15 is 0 Å². The summed E-state index contributed by atoms with van der Waals surface area (Å²) in [6.07, 6.45) is 6.25. The number of hydrogen-bond donors (Lipinski definition) is 0. The molecule has 0 saturated heterocycles. The molecule has 1 rings (SSSR count). The largest absolute Gasteiger partial charge is 0.337 e. The van der Waals surface area contributed by atoms with Gasteiger partial charge in [0.05, 0.1) is 0 Å². The Balaban J connectivity index is 3.11. The molecule has 124 valence electrons. The number of aromatic nitrogens is 2. The molecule has 0 aliphatic rings. The lowest BCUT2D eigenvalue weighted by atomic mass is 10.2. The number of sulfone groups is 1. The zero-order valence-corrected chi connectivity index (χ0v) is 14.6. The third kappa shape index (κ3) is 5.05. The summed E-state index contributed by atoms with van der Waals surface area (Å²) in [5, 5.41) is -0.299. The summed E-state index contributed by atoms with van der Waals surface area (Å²) in [6.45, 7) is 7.18. The quantitative estimate of drug-likeness (QED) is 0.684. The van der Waals surface area contributed by atoms with E-state index in [9.17, 15) is 13.2 Å². The van der Waals surface area contributed by atoms with Gasteiger partial charge in [-0.1, -0.05) is 26.7 Å². The smallest absolute Gasteiger partial charge is 0.272 e. The van der Waals surface area contributed by atoms with Gasteiger partial charge in [-0.15, -0.1) is 0 Å². The van der Waals surface area contributed by atoms with Crippen molar-refractivity contribution >= 4 is 15.7 Å². The lowest BCUT2D eigenvalue weighted by Crippen LogP contribution is -2.34. The first kappa shape index (κ1) is 18.5. The minimum Gasteiger partial charge on any atom is -0.337 e. The number of amides is 1. The van der Waals surface area contributed by atoms with Crippen LogP contribution in [0.5, 0.6) is 0 Å². The minimum absolute atomic E-state index is 0.183. The maximum absolute atomic E-state index is 12.7. The van der Waals surface area contributed by atoms with Crippen molar-refractivity contribution in [2.45, 2.75) is 51.6 Å². The van der Waals surface area contributed by atoms with Gasteiger partial charge in [0.15, 0.2) is 0 Å². The molecule has 1 aromatic heterocycles. The molecule has 0 aliphatic heterocycles. The van der Waals surface area contributed by atoms with Gasteiger partial charge in [0.1, 0.15) is 5.69 Å². The van der Waals surface area contributed by atoms with Crippen molar-refractivity contribution in [2.75, 3.05) is 19.3 Å². The fourth-order valence-corrected chi connectivity index (χ4v) is 2.48. The number of hydrogen-bond acceptors (Lipinski definition) is 5. The lowest BCUT2D eigenvalue weighted by molar-refractivity contribution is 0.0743. The summed E-state index contributed by atoms with van der Waals surface area (Å²) in [5.41, 5.74) is 0.776. The van der Waals surface area contributed by atoms with Crippen LogP contribution in [0.1, 0.15) is 55.6 Å². The number of carbonyl (C=O) groups excluding carboxylic acids is 1. The highest BCUT2D eigenvalue weighted by molar-refractivity contribution is 7.90. The summed E-state index contributed by atoms with van der Waals surface area (Å²) < 4.78 is 23.2. The van der Waals surface area contributed by atoms with Crippen LogP contribution in [0.3, 0.4) is 0 Å². The highest BCUT2D eigenvalue weighted by atomic mass is 32.2. The van der Waals surface area contributed by atoms with Gasteiger partial charge in [-0.05, 0) is 25.3 Å². The molecule has 1 amide bonds. The van der Waals surface area contributed by atoms with E-state index in [0.29, 0.717) is 18.7 Å². The fraction of sp³-hybridized carbons (Fsp3) is 0.667. The van der Waals surface area contributed by atoms with Crippen LogP contribution in [0.2, 0.25) is 0 Å². The van der Waals surface area contributed by atoms with Gasteiger partial charge in [0.2, 0.25) is 15.0 Å². The van der Waals surface area contributed by atoms with Crippen LogP contribution in [0, 0.1) is 6.92 Å². The molecule has 0 saturated carbocycles. The molecule has 0 unspecified atom stereocenters. The Morgan fingerprint density at radius 3 is 2.18 bits per heavy atom. The van der Waals surface area contributed by atoms with E-state index in [2.05, 4.69) is 23.8 Å². The van der Waals surface area contributed by atoms with Crippen LogP contribution in [0.4, 0.5) is 0 Å². The second-order valence-corrected chi connectivity index (χ2v) is 7.37. The van der Waals surface area contributed by atoms with Crippen LogP contribution in [-0.2, 0) is 9.84 Å². The first-order valence-corrected chi connectivity index (χ1v) is 9.53. The van der Waals surface area contributed by atoms with E-state index in [1.165, 1.54) is 6.20 Å². The molecule has 22 heavy (non-hydrogen) atoms. The standard InChI is InChI=1S/C15H25N3O3S/c1-5-7-9-18(10-8-6-2)14(19)13-12(3)11-16-15(17-13)22(4,20)21/h11H,5-10H2,1-4H3. The maximum atomic E-state index is 12.7.